The SMILES string of the molecule is CC.COc1cc2c(cc1OCc1ccccc1)CN1CCc3cc(OC)c(OCc4ccccc4)cc3C1C2. The smallest absolute Gasteiger partial charge is 0.162 e. The predicted octanol–water partition coefficient (Wildman–Crippen LogP) is 7.54. The van der Waals surface area contributed by atoms with Crippen molar-refractivity contribution in [2.45, 2.75) is 52.5 Å². The maximum atomic E-state index is 6.26. The van der Waals surface area contributed by atoms with Crippen LogP contribution >= 0.6 is 0 Å². The standard InChI is InChI=1S/C33H33NO4.C2H6/c1-35-30-16-25-13-14-34-20-27-18-32(37-21-23-9-5-3-6-10-23)31(36-2)17-26(27)15-29(34)28(25)19-33(30)38-22-24-11-7-4-8-12-24;1-2/h3-12,16-19,29H,13-15,20-22H2,1-2H3;1-2H3. The van der Waals surface area contributed by atoms with Crippen molar-refractivity contribution < 1.29 is 18.9 Å². The van der Waals surface area contributed by atoms with Crippen LogP contribution in [0.25, 0.3) is 0 Å². The fourth-order valence-electron chi connectivity index (χ4n) is 5.61. The van der Waals surface area contributed by atoms with E-state index in [0.29, 0.717) is 13.2 Å². The van der Waals surface area contributed by atoms with E-state index >= 15 is 0 Å². The lowest BCUT2D eigenvalue weighted by Crippen LogP contribution is -2.39. The molecule has 0 saturated carbocycles. The predicted molar refractivity (Wildman–Crippen MR) is 159 cm³/mol. The van der Waals surface area contributed by atoms with E-state index < -0.39 is 0 Å². The molecule has 2 aliphatic heterocycles. The summed E-state index contributed by atoms with van der Waals surface area (Å²) in [5, 5.41) is 0. The van der Waals surface area contributed by atoms with Crippen molar-refractivity contribution in [3.63, 3.8) is 0 Å². The Hall–Kier alpha value is -3.96. The molecule has 0 radical (unpaired) electrons. The van der Waals surface area contributed by atoms with E-state index in [1.165, 1.54) is 22.3 Å². The van der Waals surface area contributed by atoms with Gasteiger partial charge in [0.2, 0.25) is 0 Å². The van der Waals surface area contributed by atoms with Gasteiger partial charge in [0.1, 0.15) is 13.2 Å². The molecule has 4 aromatic rings. The second-order valence-electron chi connectivity index (χ2n) is 9.96. The fraction of sp³-hybridized carbons (Fsp3) is 0.314. The summed E-state index contributed by atoms with van der Waals surface area (Å²) in [6.45, 7) is 6.92. The van der Waals surface area contributed by atoms with Crippen LogP contribution in [0.5, 0.6) is 23.0 Å². The van der Waals surface area contributed by atoms with E-state index in [1.54, 1.807) is 14.2 Å². The Kier molecular flexibility index (Phi) is 8.92. The number of methoxy groups -OCH3 is 2. The van der Waals surface area contributed by atoms with E-state index in [0.717, 1.165) is 60.1 Å². The zero-order valence-electron chi connectivity index (χ0n) is 24.0. The molecule has 0 saturated heterocycles. The van der Waals surface area contributed by atoms with Gasteiger partial charge in [0.05, 0.1) is 14.2 Å². The molecule has 0 amide bonds. The molecule has 40 heavy (non-hydrogen) atoms. The molecule has 1 atom stereocenters. The highest BCUT2D eigenvalue weighted by Gasteiger charge is 2.34. The second kappa shape index (κ2) is 12.9. The molecule has 0 aromatic heterocycles. The third-order valence-corrected chi connectivity index (χ3v) is 7.64. The zero-order valence-corrected chi connectivity index (χ0v) is 24.0. The topological polar surface area (TPSA) is 40.2 Å². The third-order valence-electron chi connectivity index (χ3n) is 7.64. The summed E-state index contributed by atoms with van der Waals surface area (Å²) in [6, 6.07) is 29.5. The Labute approximate surface area is 238 Å². The lowest BCUT2D eigenvalue weighted by atomic mass is 9.83. The molecule has 2 aliphatic rings. The van der Waals surface area contributed by atoms with Crippen LogP contribution < -0.4 is 18.9 Å². The fourth-order valence-corrected chi connectivity index (χ4v) is 5.61. The van der Waals surface area contributed by atoms with E-state index in [9.17, 15) is 0 Å². The van der Waals surface area contributed by atoms with Gasteiger partial charge in [-0.3, -0.25) is 4.90 Å². The first-order valence-electron chi connectivity index (χ1n) is 14.2. The number of benzene rings is 4. The van der Waals surface area contributed by atoms with Crippen LogP contribution in [-0.2, 0) is 32.6 Å². The highest BCUT2D eigenvalue weighted by atomic mass is 16.5. The Morgan fingerprint density at radius 1 is 0.650 bits per heavy atom. The molecular weight excluding hydrogens is 498 g/mol. The number of hydrogen-bond donors (Lipinski definition) is 0. The molecule has 0 bridgehead atoms. The molecule has 0 N–H and O–H groups in total. The molecule has 5 heteroatoms. The largest absolute Gasteiger partial charge is 0.493 e. The lowest BCUT2D eigenvalue weighted by Gasteiger charge is -2.42. The van der Waals surface area contributed by atoms with Crippen LogP contribution in [0.1, 0.15) is 53.3 Å². The van der Waals surface area contributed by atoms with Crippen LogP contribution in [-0.4, -0.2) is 25.7 Å². The molecule has 5 nitrogen and oxygen atoms in total. The molecule has 0 spiro atoms. The van der Waals surface area contributed by atoms with Crippen LogP contribution in [0.15, 0.2) is 84.9 Å². The number of fused-ring (bicyclic) bond motifs is 4. The van der Waals surface area contributed by atoms with Gasteiger partial charge in [-0.2, -0.15) is 0 Å². The molecule has 2 heterocycles. The Morgan fingerprint density at radius 3 is 1.75 bits per heavy atom. The van der Waals surface area contributed by atoms with E-state index in [4.69, 9.17) is 18.9 Å². The van der Waals surface area contributed by atoms with E-state index in [1.807, 2.05) is 50.2 Å². The van der Waals surface area contributed by atoms with Gasteiger partial charge in [-0.15, -0.1) is 0 Å². The van der Waals surface area contributed by atoms with Crippen molar-refractivity contribution in [3.8, 4) is 23.0 Å². The first-order chi connectivity index (χ1) is 19.7. The van der Waals surface area contributed by atoms with Gasteiger partial charge >= 0.3 is 0 Å². The normalized spacial score (nSPS) is 15.4. The van der Waals surface area contributed by atoms with Crippen LogP contribution in [0.4, 0.5) is 0 Å². The summed E-state index contributed by atoms with van der Waals surface area (Å²) >= 11 is 0. The number of nitrogens with zero attached hydrogens (tertiary/aromatic N) is 1. The molecule has 6 rings (SSSR count). The summed E-state index contributed by atoms with van der Waals surface area (Å²) in [7, 11) is 3.43. The maximum Gasteiger partial charge on any atom is 0.162 e. The van der Waals surface area contributed by atoms with Gasteiger partial charge < -0.3 is 18.9 Å². The van der Waals surface area contributed by atoms with Gasteiger partial charge in [-0.25, -0.2) is 0 Å². The summed E-state index contributed by atoms with van der Waals surface area (Å²) in [4.78, 5) is 2.57. The lowest BCUT2D eigenvalue weighted by molar-refractivity contribution is 0.159. The average molecular weight is 538 g/mol. The van der Waals surface area contributed by atoms with E-state index in [-0.39, 0.29) is 6.04 Å². The summed E-state index contributed by atoms with van der Waals surface area (Å²) in [6.07, 6.45) is 1.91. The van der Waals surface area contributed by atoms with Crippen molar-refractivity contribution in [1.29, 1.82) is 0 Å². The molecule has 4 aromatic carbocycles. The maximum absolute atomic E-state index is 6.26. The highest BCUT2D eigenvalue weighted by molar-refractivity contribution is 5.53. The average Bonchev–Trinajstić information content (AvgIpc) is 3.02. The van der Waals surface area contributed by atoms with Crippen LogP contribution in [0, 0.1) is 0 Å². The minimum atomic E-state index is 0.289. The highest BCUT2D eigenvalue weighted by Crippen LogP contribution is 2.44. The van der Waals surface area contributed by atoms with Crippen molar-refractivity contribution in [2.24, 2.45) is 0 Å². The summed E-state index contributed by atoms with van der Waals surface area (Å²) in [5.74, 6) is 3.18. The molecule has 0 aliphatic carbocycles. The van der Waals surface area contributed by atoms with Gasteiger partial charge in [0.15, 0.2) is 23.0 Å². The van der Waals surface area contributed by atoms with E-state index in [2.05, 4.69) is 53.4 Å². The molecular formula is C35H39NO4. The zero-order chi connectivity index (χ0) is 27.9. The molecule has 208 valence electrons. The first kappa shape index (κ1) is 27.6. The molecule has 1 unspecified atom stereocenters. The van der Waals surface area contributed by atoms with Crippen molar-refractivity contribution >= 4 is 0 Å². The molecule has 0 fully saturated rings. The van der Waals surface area contributed by atoms with Gasteiger partial charge in [0.25, 0.3) is 0 Å². The Balaban J connectivity index is 0.00000158. The Morgan fingerprint density at radius 2 is 1.18 bits per heavy atom. The van der Waals surface area contributed by atoms with Crippen molar-refractivity contribution in [1.82, 2.24) is 4.90 Å². The number of hydrogen-bond acceptors (Lipinski definition) is 5. The van der Waals surface area contributed by atoms with Crippen LogP contribution in [0.3, 0.4) is 0 Å². The first-order valence-corrected chi connectivity index (χ1v) is 14.2. The van der Waals surface area contributed by atoms with Crippen molar-refractivity contribution in [2.75, 3.05) is 20.8 Å². The number of ether oxygens (including phenoxy) is 4. The summed E-state index contributed by atoms with van der Waals surface area (Å²) < 4.78 is 23.9. The monoisotopic (exact) mass is 537 g/mol. The summed E-state index contributed by atoms with van der Waals surface area (Å²) in [5.41, 5.74) is 7.56. The Bertz CT molecular complexity index is 1400. The van der Waals surface area contributed by atoms with Gasteiger partial charge in [-0.05, 0) is 70.5 Å². The van der Waals surface area contributed by atoms with Crippen molar-refractivity contribution in [3.05, 3.63) is 118 Å². The second-order valence-corrected chi connectivity index (χ2v) is 9.96. The minimum absolute atomic E-state index is 0.289. The quantitative estimate of drug-likeness (QED) is 0.232. The third kappa shape index (κ3) is 5.95. The van der Waals surface area contributed by atoms with Gasteiger partial charge in [-0.1, -0.05) is 74.5 Å². The van der Waals surface area contributed by atoms with Gasteiger partial charge in [0, 0.05) is 19.1 Å². The number of rotatable bonds is 8. The minimum Gasteiger partial charge on any atom is -0.493 e. The van der Waals surface area contributed by atoms with Crippen LogP contribution in [0.2, 0.25) is 0 Å².